The van der Waals surface area contributed by atoms with Gasteiger partial charge in [-0.05, 0) is 12.8 Å². The molecule has 2 heterocycles. The molecule has 0 radical (unpaired) electrons. The van der Waals surface area contributed by atoms with E-state index >= 15 is 0 Å². The van der Waals surface area contributed by atoms with E-state index in [9.17, 15) is 9.59 Å². The van der Waals surface area contributed by atoms with Crippen LogP contribution in [0.25, 0.3) is 0 Å². The third-order valence-corrected chi connectivity index (χ3v) is 3.75. The van der Waals surface area contributed by atoms with Gasteiger partial charge in [0, 0.05) is 39.3 Å². The summed E-state index contributed by atoms with van der Waals surface area (Å²) >= 11 is 0. The van der Waals surface area contributed by atoms with E-state index in [0.29, 0.717) is 19.6 Å². The summed E-state index contributed by atoms with van der Waals surface area (Å²) in [6.45, 7) is 4.48. The van der Waals surface area contributed by atoms with Crippen molar-refractivity contribution in [3.05, 3.63) is 0 Å². The molecule has 1 amide bonds. The number of ether oxygens (including phenoxy) is 2. The minimum absolute atomic E-state index is 0.130. The van der Waals surface area contributed by atoms with Gasteiger partial charge in [0.1, 0.15) is 6.10 Å². The lowest BCUT2D eigenvalue weighted by Gasteiger charge is -2.35. The number of rotatable bonds is 4. The summed E-state index contributed by atoms with van der Waals surface area (Å²) in [4.78, 5) is 27.3. The molecule has 108 valence electrons. The Bertz CT molecular complexity index is 321. The number of hydrogen-bond acceptors (Lipinski definition) is 5. The van der Waals surface area contributed by atoms with Gasteiger partial charge in [0.05, 0.1) is 13.5 Å². The van der Waals surface area contributed by atoms with Crippen molar-refractivity contribution in [3.8, 4) is 0 Å². The van der Waals surface area contributed by atoms with E-state index in [1.54, 1.807) is 0 Å². The van der Waals surface area contributed by atoms with Crippen LogP contribution in [0, 0.1) is 0 Å². The third-order valence-electron chi connectivity index (χ3n) is 3.75. The molecule has 0 aliphatic carbocycles. The summed E-state index contributed by atoms with van der Waals surface area (Å²) in [5.74, 6) is -0.0528. The Morgan fingerprint density at radius 1 is 1.26 bits per heavy atom. The van der Waals surface area contributed by atoms with Gasteiger partial charge in [-0.2, -0.15) is 0 Å². The number of esters is 1. The maximum Gasteiger partial charge on any atom is 0.306 e. The van der Waals surface area contributed by atoms with Crippen LogP contribution in [0.2, 0.25) is 0 Å². The molecule has 0 aromatic rings. The highest BCUT2D eigenvalue weighted by atomic mass is 16.5. The van der Waals surface area contributed by atoms with Crippen molar-refractivity contribution < 1.29 is 19.1 Å². The molecule has 0 aromatic carbocycles. The maximum absolute atomic E-state index is 12.1. The van der Waals surface area contributed by atoms with Gasteiger partial charge in [-0.15, -0.1) is 0 Å². The Kier molecular flexibility index (Phi) is 5.15. The third kappa shape index (κ3) is 3.91. The summed E-state index contributed by atoms with van der Waals surface area (Å²) in [7, 11) is 1.40. The average molecular weight is 270 g/mol. The second kappa shape index (κ2) is 6.86. The van der Waals surface area contributed by atoms with E-state index in [-0.39, 0.29) is 18.0 Å². The van der Waals surface area contributed by atoms with Gasteiger partial charge in [-0.3, -0.25) is 14.5 Å². The van der Waals surface area contributed by atoms with Crippen LogP contribution < -0.4 is 0 Å². The summed E-state index contributed by atoms with van der Waals surface area (Å²) < 4.78 is 10.0. The fraction of sp³-hybridized carbons (Fsp3) is 0.846. The van der Waals surface area contributed by atoms with E-state index in [2.05, 4.69) is 9.64 Å². The number of methoxy groups -OCH3 is 1. The standard InChI is InChI=1S/C13H22N2O4/c1-18-12(16)4-5-14-6-8-15(9-7-14)13(17)11-3-2-10-19-11/h11H,2-10H2,1H3/t11-/m1/s1. The molecule has 0 spiro atoms. The quantitative estimate of drug-likeness (QED) is 0.666. The summed E-state index contributed by atoms with van der Waals surface area (Å²) in [5.41, 5.74) is 0. The van der Waals surface area contributed by atoms with E-state index in [1.807, 2.05) is 4.90 Å². The number of amides is 1. The lowest BCUT2D eigenvalue weighted by molar-refractivity contribution is -0.144. The van der Waals surface area contributed by atoms with Crippen molar-refractivity contribution in [2.45, 2.75) is 25.4 Å². The molecule has 19 heavy (non-hydrogen) atoms. The zero-order valence-corrected chi connectivity index (χ0v) is 11.5. The van der Waals surface area contributed by atoms with Crippen molar-refractivity contribution >= 4 is 11.9 Å². The molecule has 0 saturated carbocycles. The average Bonchev–Trinajstić information content (AvgIpc) is 2.98. The van der Waals surface area contributed by atoms with Crippen LogP contribution in [0.3, 0.4) is 0 Å². The molecular weight excluding hydrogens is 248 g/mol. The Morgan fingerprint density at radius 3 is 2.58 bits per heavy atom. The van der Waals surface area contributed by atoms with Gasteiger partial charge >= 0.3 is 5.97 Å². The zero-order chi connectivity index (χ0) is 13.7. The molecule has 1 atom stereocenters. The Hall–Kier alpha value is -1.14. The number of nitrogens with zero attached hydrogens (tertiary/aromatic N) is 2. The minimum Gasteiger partial charge on any atom is -0.469 e. The molecule has 6 heteroatoms. The number of carbonyl (C=O) groups excluding carboxylic acids is 2. The highest BCUT2D eigenvalue weighted by Crippen LogP contribution is 2.16. The van der Waals surface area contributed by atoms with E-state index in [4.69, 9.17) is 4.74 Å². The predicted molar refractivity (Wildman–Crippen MR) is 68.6 cm³/mol. The summed E-state index contributed by atoms with van der Waals surface area (Å²) in [5, 5.41) is 0. The van der Waals surface area contributed by atoms with E-state index < -0.39 is 0 Å². The van der Waals surface area contributed by atoms with Gasteiger partial charge in [-0.25, -0.2) is 0 Å². The normalized spacial score (nSPS) is 24.5. The first-order chi connectivity index (χ1) is 9.20. The molecule has 2 aliphatic rings. The fourth-order valence-corrected chi connectivity index (χ4v) is 2.52. The van der Waals surface area contributed by atoms with Gasteiger partial charge in [0.25, 0.3) is 5.91 Å². The van der Waals surface area contributed by atoms with Crippen LogP contribution in [-0.4, -0.2) is 74.2 Å². The monoisotopic (exact) mass is 270 g/mol. The lowest BCUT2D eigenvalue weighted by Crippen LogP contribution is -2.51. The molecule has 0 aromatic heterocycles. The molecule has 0 N–H and O–H groups in total. The second-order valence-corrected chi connectivity index (χ2v) is 4.99. The molecule has 0 bridgehead atoms. The molecule has 0 unspecified atom stereocenters. The van der Waals surface area contributed by atoms with Crippen LogP contribution in [0.5, 0.6) is 0 Å². The molecule has 2 saturated heterocycles. The van der Waals surface area contributed by atoms with Crippen molar-refractivity contribution in [1.82, 2.24) is 9.80 Å². The first-order valence-electron chi connectivity index (χ1n) is 6.90. The van der Waals surface area contributed by atoms with Crippen LogP contribution >= 0.6 is 0 Å². The van der Waals surface area contributed by atoms with Gasteiger partial charge in [0.15, 0.2) is 0 Å². The summed E-state index contributed by atoms with van der Waals surface area (Å²) in [6, 6.07) is 0. The predicted octanol–water partition coefficient (Wildman–Crippen LogP) is -0.127. The SMILES string of the molecule is COC(=O)CCN1CCN(C(=O)[C@H]2CCCO2)CC1. The number of piperazine rings is 1. The fourth-order valence-electron chi connectivity index (χ4n) is 2.52. The van der Waals surface area contributed by atoms with Crippen LogP contribution in [0.1, 0.15) is 19.3 Å². The smallest absolute Gasteiger partial charge is 0.306 e. The molecule has 2 aliphatic heterocycles. The zero-order valence-electron chi connectivity index (χ0n) is 11.5. The minimum atomic E-state index is -0.221. The maximum atomic E-state index is 12.1. The van der Waals surface area contributed by atoms with Crippen molar-refractivity contribution in [2.24, 2.45) is 0 Å². The Labute approximate surface area is 113 Å². The topological polar surface area (TPSA) is 59.1 Å². The van der Waals surface area contributed by atoms with E-state index in [0.717, 1.165) is 39.0 Å². The first kappa shape index (κ1) is 14.3. The van der Waals surface area contributed by atoms with Gasteiger partial charge < -0.3 is 14.4 Å². The Morgan fingerprint density at radius 2 is 2.00 bits per heavy atom. The largest absolute Gasteiger partial charge is 0.469 e. The van der Waals surface area contributed by atoms with Crippen LogP contribution in [0.15, 0.2) is 0 Å². The number of carbonyl (C=O) groups is 2. The molecule has 2 fully saturated rings. The highest BCUT2D eigenvalue weighted by molar-refractivity contribution is 5.81. The Balaban J connectivity index is 1.69. The van der Waals surface area contributed by atoms with Crippen LogP contribution in [-0.2, 0) is 19.1 Å². The van der Waals surface area contributed by atoms with Gasteiger partial charge in [0.2, 0.25) is 0 Å². The van der Waals surface area contributed by atoms with E-state index in [1.165, 1.54) is 7.11 Å². The van der Waals surface area contributed by atoms with Crippen molar-refractivity contribution in [3.63, 3.8) is 0 Å². The van der Waals surface area contributed by atoms with Gasteiger partial charge in [-0.1, -0.05) is 0 Å². The van der Waals surface area contributed by atoms with Crippen LogP contribution in [0.4, 0.5) is 0 Å². The van der Waals surface area contributed by atoms with Crippen molar-refractivity contribution in [2.75, 3.05) is 46.4 Å². The summed E-state index contributed by atoms with van der Waals surface area (Å²) in [6.07, 6.45) is 2.02. The molecule has 2 rings (SSSR count). The highest BCUT2D eigenvalue weighted by Gasteiger charge is 2.30. The second-order valence-electron chi connectivity index (χ2n) is 4.99. The molecular formula is C13H22N2O4. The lowest BCUT2D eigenvalue weighted by atomic mass is 10.2. The van der Waals surface area contributed by atoms with Crippen molar-refractivity contribution in [1.29, 1.82) is 0 Å². The number of hydrogen-bond donors (Lipinski definition) is 0. The molecule has 6 nitrogen and oxygen atoms in total. The first-order valence-corrected chi connectivity index (χ1v) is 6.90.